The van der Waals surface area contributed by atoms with Crippen molar-refractivity contribution in [2.45, 2.75) is 6.42 Å². The zero-order chi connectivity index (χ0) is 16.2. The highest BCUT2D eigenvalue weighted by Gasteiger charge is 2.10. The standard InChI is InChI=1S/C18H14O5/c19-15-10-16(18(20)21)23-11-17(15)22-8-7-12-5-6-13-3-1-2-4-14(13)9-12/h1-6,9-11H,7-8H2,(H,20,21). The van der Waals surface area contributed by atoms with Crippen molar-refractivity contribution in [1.82, 2.24) is 0 Å². The molecule has 0 saturated heterocycles. The van der Waals surface area contributed by atoms with Crippen molar-refractivity contribution in [2.75, 3.05) is 6.61 Å². The largest absolute Gasteiger partial charge is 0.486 e. The van der Waals surface area contributed by atoms with Gasteiger partial charge < -0.3 is 14.3 Å². The molecule has 1 heterocycles. The van der Waals surface area contributed by atoms with Crippen LogP contribution in [0.15, 0.2) is 64.0 Å². The van der Waals surface area contributed by atoms with E-state index in [1.165, 1.54) is 5.39 Å². The lowest BCUT2D eigenvalue weighted by molar-refractivity contribution is 0.0658. The van der Waals surface area contributed by atoms with Crippen molar-refractivity contribution in [3.8, 4) is 5.75 Å². The van der Waals surface area contributed by atoms with Crippen LogP contribution in [0.1, 0.15) is 16.1 Å². The topological polar surface area (TPSA) is 76.7 Å². The summed E-state index contributed by atoms with van der Waals surface area (Å²) < 4.78 is 10.2. The monoisotopic (exact) mass is 310 g/mol. The van der Waals surface area contributed by atoms with Gasteiger partial charge in [-0.15, -0.1) is 0 Å². The molecule has 0 unspecified atom stereocenters. The molecule has 1 N–H and O–H groups in total. The molecule has 2 aromatic carbocycles. The van der Waals surface area contributed by atoms with E-state index in [2.05, 4.69) is 6.07 Å². The zero-order valence-corrected chi connectivity index (χ0v) is 12.2. The molecule has 0 aliphatic heterocycles. The summed E-state index contributed by atoms with van der Waals surface area (Å²) in [6.07, 6.45) is 1.66. The Kier molecular flexibility index (Phi) is 4.10. The minimum Gasteiger partial charge on any atom is -0.486 e. The number of hydrogen-bond acceptors (Lipinski definition) is 4. The van der Waals surface area contributed by atoms with Crippen LogP contribution in [0.25, 0.3) is 10.8 Å². The predicted molar refractivity (Wildman–Crippen MR) is 85.1 cm³/mol. The molecule has 0 bridgehead atoms. The van der Waals surface area contributed by atoms with Crippen LogP contribution in [0.3, 0.4) is 0 Å². The van der Waals surface area contributed by atoms with Gasteiger partial charge in [-0.05, 0) is 16.3 Å². The number of carboxylic acid groups (broad SMARTS) is 1. The first-order chi connectivity index (χ1) is 11.1. The maximum atomic E-state index is 11.7. The van der Waals surface area contributed by atoms with E-state index in [1.54, 1.807) is 0 Å². The number of carbonyl (C=O) groups is 1. The molecule has 1 aromatic heterocycles. The van der Waals surface area contributed by atoms with Gasteiger partial charge in [0.25, 0.3) is 0 Å². The summed E-state index contributed by atoms with van der Waals surface area (Å²) in [6.45, 7) is 0.301. The number of hydrogen-bond donors (Lipinski definition) is 1. The molecule has 0 atom stereocenters. The normalized spacial score (nSPS) is 10.6. The SMILES string of the molecule is O=C(O)c1cc(=O)c(OCCc2ccc3ccccc3c2)co1. The van der Waals surface area contributed by atoms with Gasteiger partial charge in [-0.3, -0.25) is 4.79 Å². The fraction of sp³-hybridized carbons (Fsp3) is 0.111. The summed E-state index contributed by atoms with van der Waals surface area (Å²) in [6, 6.07) is 15.1. The van der Waals surface area contributed by atoms with Gasteiger partial charge in [0, 0.05) is 12.5 Å². The number of rotatable bonds is 5. The summed E-state index contributed by atoms with van der Waals surface area (Å²) in [5.74, 6) is -1.68. The molecule has 5 nitrogen and oxygen atoms in total. The molecular weight excluding hydrogens is 296 g/mol. The lowest BCUT2D eigenvalue weighted by atomic mass is 10.1. The molecule has 116 valence electrons. The Balaban J connectivity index is 1.66. The van der Waals surface area contributed by atoms with Gasteiger partial charge in [-0.25, -0.2) is 4.79 Å². The van der Waals surface area contributed by atoms with Gasteiger partial charge in [0.15, 0.2) is 0 Å². The summed E-state index contributed by atoms with van der Waals surface area (Å²) in [7, 11) is 0. The Morgan fingerprint density at radius 3 is 2.61 bits per heavy atom. The smallest absolute Gasteiger partial charge is 0.371 e. The van der Waals surface area contributed by atoms with E-state index in [0.717, 1.165) is 23.3 Å². The highest BCUT2D eigenvalue weighted by Crippen LogP contribution is 2.16. The summed E-state index contributed by atoms with van der Waals surface area (Å²) in [5, 5.41) is 11.1. The molecule has 5 heteroatoms. The first kappa shape index (κ1) is 14.8. The first-order valence-corrected chi connectivity index (χ1v) is 7.10. The van der Waals surface area contributed by atoms with Crippen molar-refractivity contribution in [3.63, 3.8) is 0 Å². The fourth-order valence-corrected chi connectivity index (χ4v) is 2.29. The van der Waals surface area contributed by atoms with Gasteiger partial charge >= 0.3 is 5.97 Å². The fourth-order valence-electron chi connectivity index (χ4n) is 2.29. The number of ether oxygens (including phenoxy) is 1. The van der Waals surface area contributed by atoms with Gasteiger partial charge in [0.05, 0.1) is 6.61 Å². The third kappa shape index (κ3) is 3.40. The van der Waals surface area contributed by atoms with Crippen molar-refractivity contribution < 1.29 is 19.1 Å². The van der Waals surface area contributed by atoms with Crippen LogP contribution in [0.4, 0.5) is 0 Å². The average Bonchev–Trinajstić information content (AvgIpc) is 2.56. The molecule has 0 spiro atoms. The predicted octanol–water partition coefficient (Wildman–Crippen LogP) is 3.11. The Bertz CT molecular complexity index is 910. The lowest BCUT2D eigenvalue weighted by Crippen LogP contribution is -2.11. The quantitative estimate of drug-likeness (QED) is 0.783. The second-order valence-electron chi connectivity index (χ2n) is 5.06. The number of carboxylic acids is 1. The second-order valence-corrected chi connectivity index (χ2v) is 5.06. The lowest BCUT2D eigenvalue weighted by Gasteiger charge is -2.06. The molecule has 0 saturated carbocycles. The number of fused-ring (bicyclic) bond motifs is 1. The van der Waals surface area contributed by atoms with Crippen molar-refractivity contribution in [2.24, 2.45) is 0 Å². The third-order valence-corrected chi connectivity index (χ3v) is 3.47. The van der Waals surface area contributed by atoms with Crippen LogP contribution in [-0.2, 0) is 6.42 Å². The highest BCUT2D eigenvalue weighted by molar-refractivity contribution is 5.84. The second kappa shape index (κ2) is 6.36. The van der Waals surface area contributed by atoms with Crippen LogP contribution < -0.4 is 10.2 Å². The molecule has 0 aliphatic rings. The molecule has 0 aliphatic carbocycles. The molecule has 0 fully saturated rings. The number of aromatic carboxylic acids is 1. The summed E-state index contributed by atoms with van der Waals surface area (Å²) in [4.78, 5) is 22.4. The Morgan fingerprint density at radius 1 is 1.09 bits per heavy atom. The van der Waals surface area contributed by atoms with Crippen LogP contribution in [0, 0.1) is 0 Å². The van der Waals surface area contributed by atoms with E-state index < -0.39 is 17.2 Å². The Hall–Kier alpha value is -3.08. The summed E-state index contributed by atoms with van der Waals surface area (Å²) >= 11 is 0. The van der Waals surface area contributed by atoms with Gasteiger partial charge in [0.2, 0.25) is 16.9 Å². The van der Waals surface area contributed by atoms with Crippen LogP contribution in [-0.4, -0.2) is 17.7 Å². The Morgan fingerprint density at radius 2 is 1.87 bits per heavy atom. The summed E-state index contributed by atoms with van der Waals surface area (Å²) in [5.41, 5.74) is 0.586. The van der Waals surface area contributed by atoms with Crippen molar-refractivity contribution in [3.05, 3.63) is 76.3 Å². The highest BCUT2D eigenvalue weighted by atomic mass is 16.5. The maximum Gasteiger partial charge on any atom is 0.371 e. The molecule has 0 radical (unpaired) electrons. The van der Waals surface area contributed by atoms with Crippen molar-refractivity contribution >= 4 is 16.7 Å². The molecule has 3 rings (SSSR count). The van der Waals surface area contributed by atoms with Crippen LogP contribution in [0.2, 0.25) is 0 Å². The average molecular weight is 310 g/mol. The first-order valence-electron chi connectivity index (χ1n) is 7.10. The van der Waals surface area contributed by atoms with Gasteiger partial charge in [-0.1, -0.05) is 42.5 Å². The van der Waals surface area contributed by atoms with E-state index in [9.17, 15) is 9.59 Å². The Labute approximate surface area is 131 Å². The van der Waals surface area contributed by atoms with E-state index in [4.69, 9.17) is 14.3 Å². The van der Waals surface area contributed by atoms with Crippen LogP contribution >= 0.6 is 0 Å². The zero-order valence-electron chi connectivity index (χ0n) is 12.2. The van der Waals surface area contributed by atoms with Crippen LogP contribution in [0.5, 0.6) is 5.75 Å². The van der Waals surface area contributed by atoms with E-state index in [0.29, 0.717) is 13.0 Å². The van der Waals surface area contributed by atoms with Crippen molar-refractivity contribution in [1.29, 1.82) is 0 Å². The molecular formula is C18H14O5. The minimum atomic E-state index is -1.29. The molecule has 23 heavy (non-hydrogen) atoms. The third-order valence-electron chi connectivity index (χ3n) is 3.47. The van der Waals surface area contributed by atoms with E-state index in [-0.39, 0.29) is 5.75 Å². The minimum absolute atomic E-state index is 0.00999. The van der Waals surface area contributed by atoms with Gasteiger partial charge in [-0.2, -0.15) is 0 Å². The van der Waals surface area contributed by atoms with E-state index in [1.807, 2.05) is 36.4 Å². The number of benzene rings is 2. The maximum absolute atomic E-state index is 11.7. The van der Waals surface area contributed by atoms with Gasteiger partial charge in [0.1, 0.15) is 6.26 Å². The molecule has 0 amide bonds. The van der Waals surface area contributed by atoms with E-state index >= 15 is 0 Å². The molecule has 3 aromatic rings.